The largest absolute Gasteiger partial charge is 0.293 e. The third-order valence-electron chi connectivity index (χ3n) is 3.07. The number of aromatic nitrogens is 3. The molecule has 0 fully saturated rings. The number of imidazole rings is 1. The summed E-state index contributed by atoms with van der Waals surface area (Å²) in [5.74, 6) is -0.366. The van der Waals surface area contributed by atoms with E-state index in [1.807, 2.05) is 0 Å². The Hall–Kier alpha value is -1.53. The molecular formula is C14H9BrClF2N3. The molecule has 3 aromatic rings. The van der Waals surface area contributed by atoms with E-state index in [9.17, 15) is 8.78 Å². The van der Waals surface area contributed by atoms with E-state index in [0.717, 1.165) is 6.07 Å². The van der Waals surface area contributed by atoms with Gasteiger partial charge in [-0.2, -0.15) is 0 Å². The van der Waals surface area contributed by atoms with Crippen molar-refractivity contribution in [3.05, 3.63) is 52.5 Å². The van der Waals surface area contributed by atoms with Crippen LogP contribution in [-0.4, -0.2) is 20.4 Å². The summed E-state index contributed by atoms with van der Waals surface area (Å²) in [6.45, 7) is 0. The Labute approximate surface area is 132 Å². The molecule has 7 heteroatoms. The van der Waals surface area contributed by atoms with Crippen LogP contribution in [0.3, 0.4) is 0 Å². The maximum absolute atomic E-state index is 14.2. The number of aryl methyl sites for hydroxylation is 1. The second-order valence-corrected chi connectivity index (χ2v) is 5.62. The van der Waals surface area contributed by atoms with Crippen LogP contribution < -0.4 is 0 Å². The van der Waals surface area contributed by atoms with Crippen molar-refractivity contribution in [1.29, 1.82) is 0 Å². The lowest BCUT2D eigenvalue weighted by Crippen LogP contribution is -2.05. The molecule has 0 atom stereocenters. The summed E-state index contributed by atoms with van der Waals surface area (Å²) in [5.41, 5.74) is 1.55. The normalized spacial score (nSPS) is 11.2. The first-order valence-electron chi connectivity index (χ1n) is 6.14. The van der Waals surface area contributed by atoms with Gasteiger partial charge in [0.1, 0.15) is 23.0 Å². The minimum Gasteiger partial charge on any atom is -0.293 e. The van der Waals surface area contributed by atoms with Crippen molar-refractivity contribution in [2.75, 3.05) is 5.88 Å². The number of hydrogen-bond donors (Lipinski definition) is 0. The zero-order valence-electron chi connectivity index (χ0n) is 10.7. The number of hydrogen-bond acceptors (Lipinski definition) is 2. The van der Waals surface area contributed by atoms with E-state index < -0.39 is 11.6 Å². The summed E-state index contributed by atoms with van der Waals surface area (Å²) < 4.78 is 29.4. The first-order chi connectivity index (χ1) is 10.1. The molecule has 108 valence electrons. The number of halogens is 4. The molecule has 0 aliphatic rings. The van der Waals surface area contributed by atoms with Crippen LogP contribution in [0.1, 0.15) is 5.82 Å². The average Bonchev–Trinajstić information content (AvgIpc) is 2.81. The second kappa shape index (κ2) is 5.69. The SMILES string of the molecule is Fc1cc(F)c(-n2c(CCCl)nc3cnccc32)cc1Br. The molecule has 0 spiro atoms. The molecule has 3 rings (SSSR count). The predicted molar refractivity (Wildman–Crippen MR) is 80.9 cm³/mol. The van der Waals surface area contributed by atoms with Gasteiger partial charge < -0.3 is 0 Å². The zero-order valence-corrected chi connectivity index (χ0v) is 13.0. The molecular weight excluding hydrogens is 364 g/mol. The predicted octanol–water partition coefficient (Wildman–Crippen LogP) is 4.24. The number of nitrogens with zero attached hydrogens (tertiary/aromatic N) is 3. The average molecular weight is 373 g/mol. The van der Waals surface area contributed by atoms with Crippen LogP contribution in [0.2, 0.25) is 0 Å². The lowest BCUT2D eigenvalue weighted by atomic mass is 10.2. The molecule has 0 amide bonds. The van der Waals surface area contributed by atoms with E-state index in [1.54, 1.807) is 23.0 Å². The van der Waals surface area contributed by atoms with Crippen molar-refractivity contribution < 1.29 is 8.78 Å². The smallest absolute Gasteiger partial charge is 0.150 e. The Morgan fingerprint density at radius 3 is 2.81 bits per heavy atom. The van der Waals surface area contributed by atoms with Gasteiger partial charge >= 0.3 is 0 Å². The fraction of sp³-hybridized carbons (Fsp3) is 0.143. The summed E-state index contributed by atoms with van der Waals surface area (Å²) >= 11 is 8.87. The van der Waals surface area contributed by atoms with Gasteiger partial charge in [-0.3, -0.25) is 9.55 Å². The first-order valence-corrected chi connectivity index (χ1v) is 7.47. The van der Waals surface area contributed by atoms with Crippen molar-refractivity contribution in [3.8, 4) is 5.69 Å². The highest BCUT2D eigenvalue weighted by Gasteiger charge is 2.17. The van der Waals surface area contributed by atoms with E-state index in [-0.39, 0.29) is 10.2 Å². The Kier molecular flexibility index (Phi) is 3.91. The van der Waals surface area contributed by atoms with Gasteiger partial charge in [0.25, 0.3) is 0 Å². The quantitative estimate of drug-likeness (QED) is 0.508. The Morgan fingerprint density at radius 1 is 1.24 bits per heavy atom. The Bertz CT molecular complexity index is 819. The summed E-state index contributed by atoms with van der Waals surface area (Å²) in [6, 6.07) is 3.97. The van der Waals surface area contributed by atoms with Gasteiger partial charge in [-0.25, -0.2) is 13.8 Å². The lowest BCUT2D eigenvalue weighted by molar-refractivity contribution is 0.573. The van der Waals surface area contributed by atoms with Crippen LogP contribution >= 0.6 is 27.5 Å². The molecule has 0 aliphatic heterocycles. The number of alkyl halides is 1. The van der Waals surface area contributed by atoms with Gasteiger partial charge in [0.2, 0.25) is 0 Å². The van der Waals surface area contributed by atoms with E-state index in [4.69, 9.17) is 11.6 Å². The fourth-order valence-corrected chi connectivity index (χ4v) is 2.69. The van der Waals surface area contributed by atoms with E-state index >= 15 is 0 Å². The molecule has 0 radical (unpaired) electrons. The molecule has 0 unspecified atom stereocenters. The van der Waals surface area contributed by atoms with Crippen molar-refractivity contribution in [2.24, 2.45) is 0 Å². The molecule has 0 bridgehead atoms. The molecule has 21 heavy (non-hydrogen) atoms. The topological polar surface area (TPSA) is 30.7 Å². The van der Waals surface area contributed by atoms with Gasteiger partial charge in [0.05, 0.1) is 21.9 Å². The Balaban J connectivity index is 2.32. The summed E-state index contributed by atoms with van der Waals surface area (Å²) in [5, 5.41) is 0. The molecule has 0 saturated heterocycles. The molecule has 2 heterocycles. The monoisotopic (exact) mass is 371 g/mol. The fourth-order valence-electron chi connectivity index (χ4n) is 2.19. The Morgan fingerprint density at radius 2 is 2.05 bits per heavy atom. The van der Waals surface area contributed by atoms with Crippen LogP contribution in [0.15, 0.2) is 35.1 Å². The minimum atomic E-state index is -0.664. The van der Waals surface area contributed by atoms with E-state index in [1.165, 1.54) is 6.07 Å². The lowest BCUT2D eigenvalue weighted by Gasteiger charge is -2.10. The van der Waals surface area contributed by atoms with Gasteiger partial charge in [-0.15, -0.1) is 11.6 Å². The molecule has 0 saturated carbocycles. The van der Waals surface area contributed by atoms with Crippen molar-refractivity contribution in [2.45, 2.75) is 6.42 Å². The zero-order chi connectivity index (χ0) is 15.0. The van der Waals surface area contributed by atoms with Crippen LogP contribution in [0.4, 0.5) is 8.78 Å². The maximum atomic E-state index is 14.2. The van der Waals surface area contributed by atoms with Crippen molar-refractivity contribution >= 4 is 38.6 Å². The third-order valence-corrected chi connectivity index (χ3v) is 3.87. The van der Waals surface area contributed by atoms with E-state index in [0.29, 0.717) is 29.2 Å². The van der Waals surface area contributed by atoms with Gasteiger partial charge in [0, 0.05) is 24.6 Å². The molecule has 0 aliphatic carbocycles. The highest BCUT2D eigenvalue weighted by atomic mass is 79.9. The maximum Gasteiger partial charge on any atom is 0.150 e. The number of fused-ring (bicyclic) bond motifs is 1. The van der Waals surface area contributed by atoms with Gasteiger partial charge in [-0.1, -0.05) is 0 Å². The first kappa shape index (κ1) is 14.4. The van der Waals surface area contributed by atoms with Crippen molar-refractivity contribution in [1.82, 2.24) is 14.5 Å². The van der Waals surface area contributed by atoms with Crippen LogP contribution in [0.5, 0.6) is 0 Å². The van der Waals surface area contributed by atoms with Crippen molar-refractivity contribution in [3.63, 3.8) is 0 Å². The molecule has 3 nitrogen and oxygen atoms in total. The number of pyridine rings is 1. The molecule has 0 N–H and O–H groups in total. The minimum absolute atomic E-state index is 0.187. The number of rotatable bonds is 3. The summed E-state index contributed by atoms with van der Waals surface area (Å²) in [7, 11) is 0. The van der Waals surface area contributed by atoms with Crippen LogP contribution in [-0.2, 0) is 6.42 Å². The highest BCUT2D eigenvalue weighted by molar-refractivity contribution is 9.10. The summed E-state index contributed by atoms with van der Waals surface area (Å²) in [4.78, 5) is 8.42. The van der Waals surface area contributed by atoms with Crippen LogP contribution in [0.25, 0.3) is 16.7 Å². The second-order valence-electron chi connectivity index (χ2n) is 4.38. The molecule has 2 aromatic heterocycles. The standard InChI is InChI=1S/C14H9BrClF2N3/c15-8-5-13(10(18)6-9(8)17)21-12-2-4-19-7-11(12)20-14(21)1-3-16/h2,4-7H,1,3H2. The third kappa shape index (κ3) is 2.53. The van der Waals surface area contributed by atoms with Crippen LogP contribution in [0, 0.1) is 11.6 Å². The molecule has 1 aromatic carbocycles. The van der Waals surface area contributed by atoms with Gasteiger partial charge in [0.15, 0.2) is 0 Å². The number of benzene rings is 1. The highest BCUT2D eigenvalue weighted by Crippen LogP contribution is 2.27. The van der Waals surface area contributed by atoms with E-state index in [2.05, 4.69) is 25.9 Å². The van der Waals surface area contributed by atoms with Gasteiger partial charge in [-0.05, 0) is 28.1 Å². The summed E-state index contributed by atoms with van der Waals surface area (Å²) in [6.07, 6.45) is 3.66.